The van der Waals surface area contributed by atoms with E-state index < -0.39 is 0 Å². The topological polar surface area (TPSA) is 47.6 Å². The van der Waals surface area contributed by atoms with Crippen molar-refractivity contribution in [2.45, 2.75) is 45.7 Å². The number of methoxy groups -OCH3 is 1. The predicted molar refractivity (Wildman–Crippen MR) is 84.8 cm³/mol. The summed E-state index contributed by atoms with van der Waals surface area (Å²) in [6.07, 6.45) is 0.987. The molecule has 0 heterocycles. The molecule has 21 heavy (non-hydrogen) atoms. The van der Waals surface area contributed by atoms with E-state index in [1.54, 1.807) is 6.07 Å². The Morgan fingerprint density at radius 1 is 1.33 bits per heavy atom. The Morgan fingerprint density at radius 3 is 2.67 bits per heavy atom. The number of rotatable bonds is 7. The summed E-state index contributed by atoms with van der Waals surface area (Å²) in [6.45, 7) is 7.47. The molecule has 1 N–H and O–H groups in total. The molecule has 0 atom stereocenters. The quantitative estimate of drug-likeness (QED) is 0.617. The van der Waals surface area contributed by atoms with E-state index in [0.717, 1.165) is 11.3 Å². The Labute approximate surface area is 131 Å². The van der Waals surface area contributed by atoms with Crippen LogP contribution in [-0.2, 0) is 16.1 Å². The molecule has 0 amide bonds. The number of carbonyl (C=O) groups excluding carboxylic acids is 1. The molecule has 4 nitrogen and oxygen atoms in total. The minimum atomic E-state index is -0.218. The van der Waals surface area contributed by atoms with Gasteiger partial charge in [0.15, 0.2) is 0 Å². The fourth-order valence-corrected chi connectivity index (χ4v) is 1.88. The van der Waals surface area contributed by atoms with Crippen LogP contribution >= 0.6 is 11.6 Å². The minimum absolute atomic E-state index is 0.0183. The molecular weight excluding hydrogens is 290 g/mol. The number of ether oxygens (including phenoxy) is 2. The van der Waals surface area contributed by atoms with E-state index in [1.807, 2.05) is 12.1 Å². The van der Waals surface area contributed by atoms with Crippen LogP contribution in [-0.4, -0.2) is 25.2 Å². The summed E-state index contributed by atoms with van der Waals surface area (Å²) in [5, 5.41) is 4.09. The highest BCUT2D eigenvalue weighted by molar-refractivity contribution is 6.30. The third-order valence-electron chi connectivity index (χ3n) is 2.84. The maximum atomic E-state index is 11.0. The summed E-state index contributed by atoms with van der Waals surface area (Å²) in [4.78, 5) is 11.0. The summed E-state index contributed by atoms with van der Waals surface area (Å²) in [5.74, 6) is 0.574. The molecule has 0 saturated carbocycles. The maximum absolute atomic E-state index is 11.0. The van der Waals surface area contributed by atoms with Crippen LogP contribution in [0.5, 0.6) is 5.75 Å². The van der Waals surface area contributed by atoms with Crippen LogP contribution in [0.3, 0.4) is 0 Å². The van der Waals surface area contributed by atoms with Gasteiger partial charge >= 0.3 is 5.97 Å². The number of carbonyl (C=O) groups is 1. The molecular formula is C16H24ClNO3. The van der Waals surface area contributed by atoms with Gasteiger partial charge in [-0.3, -0.25) is 4.79 Å². The van der Waals surface area contributed by atoms with Crippen molar-refractivity contribution in [1.82, 2.24) is 5.32 Å². The van der Waals surface area contributed by atoms with Gasteiger partial charge in [-0.1, -0.05) is 11.6 Å². The van der Waals surface area contributed by atoms with Crippen LogP contribution in [0.4, 0.5) is 0 Å². The van der Waals surface area contributed by atoms with E-state index in [0.29, 0.717) is 31.0 Å². The van der Waals surface area contributed by atoms with Crippen LogP contribution < -0.4 is 10.1 Å². The van der Waals surface area contributed by atoms with E-state index in [9.17, 15) is 4.79 Å². The lowest BCUT2D eigenvalue weighted by Gasteiger charge is -2.21. The highest BCUT2D eigenvalue weighted by Crippen LogP contribution is 2.23. The standard InChI is InChI=1S/C16H24ClNO3/c1-16(2,3)18-11-12-10-13(17)7-8-14(12)21-9-5-6-15(19)20-4/h7-8,10,18H,5-6,9,11H2,1-4H3. The summed E-state index contributed by atoms with van der Waals surface area (Å²) >= 11 is 6.04. The molecule has 0 spiro atoms. The van der Waals surface area contributed by atoms with Crippen molar-refractivity contribution >= 4 is 17.6 Å². The van der Waals surface area contributed by atoms with Crippen LogP contribution in [0.15, 0.2) is 18.2 Å². The van der Waals surface area contributed by atoms with Gasteiger partial charge in [0, 0.05) is 29.1 Å². The molecule has 5 heteroatoms. The first-order valence-corrected chi connectivity index (χ1v) is 7.42. The first-order chi connectivity index (χ1) is 9.81. The highest BCUT2D eigenvalue weighted by Gasteiger charge is 2.11. The number of hydrogen-bond acceptors (Lipinski definition) is 4. The average Bonchev–Trinajstić information content (AvgIpc) is 2.41. The fourth-order valence-electron chi connectivity index (χ4n) is 1.69. The zero-order valence-corrected chi connectivity index (χ0v) is 13.9. The van der Waals surface area contributed by atoms with Gasteiger partial charge in [-0.05, 0) is 45.4 Å². The number of nitrogens with one attached hydrogen (secondary N) is 1. The van der Waals surface area contributed by atoms with E-state index in [4.69, 9.17) is 16.3 Å². The fraction of sp³-hybridized carbons (Fsp3) is 0.562. The third-order valence-corrected chi connectivity index (χ3v) is 3.08. The lowest BCUT2D eigenvalue weighted by molar-refractivity contribution is -0.140. The second kappa shape index (κ2) is 8.25. The molecule has 0 aliphatic heterocycles. The molecule has 0 aliphatic carbocycles. The van der Waals surface area contributed by atoms with Crippen molar-refractivity contribution in [2.24, 2.45) is 0 Å². The Kier molecular flexibility index (Phi) is 6.99. The van der Waals surface area contributed by atoms with E-state index >= 15 is 0 Å². The number of halogens is 1. The third kappa shape index (κ3) is 7.34. The van der Waals surface area contributed by atoms with E-state index in [2.05, 4.69) is 30.8 Å². The zero-order chi connectivity index (χ0) is 15.9. The van der Waals surface area contributed by atoms with Crippen molar-refractivity contribution in [3.8, 4) is 5.75 Å². The van der Waals surface area contributed by atoms with Gasteiger partial charge in [0.2, 0.25) is 0 Å². The first kappa shape index (κ1) is 17.8. The summed E-state index contributed by atoms with van der Waals surface area (Å²) in [6, 6.07) is 5.56. The van der Waals surface area contributed by atoms with Crippen LogP contribution in [0.25, 0.3) is 0 Å². The Morgan fingerprint density at radius 2 is 2.05 bits per heavy atom. The lowest BCUT2D eigenvalue weighted by Crippen LogP contribution is -2.35. The van der Waals surface area contributed by atoms with E-state index in [-0.39, 0.29) is 11.5 Å². The highest BCUT2D eigenvalue weighted by atomic mass is 35.5. The summed E-state index contributed by atoms with van der Waals surface area (Å²) in [5.41, 5.74) is 1.03. The van der Waals surface area contributed by atoms with Gasteiger partial charge in [-0.2, -0.15) is 0 Å². The molecule has 0 bridgehead atoms. The smallest absolute Gasteiger partial charge is 0.305 e. The second-order valence-electron chi connectivity index (χ2n) is 5.88. The number of benzene rings is 1. The molecule has 0 aliphatic rings. The number of hydrogen-bond donors (Lipinski definition) is 1. The Hall–Kier alpha value is -1.26. The van der Waals surface area contributed by atoms with Gasteiger partial charge < -0.3 is 14.8 Å². The van der Waals surface area contributed by atoms with E-state index in [1.165, 1.54) is 7.11 Å². The second-order valence-corrected chi connectivity index (χ2v) is 6.32. The lowest BCUT2D eigenvalue weighted by atomic mass is 10.1. The van der Waals surface area contributed by atoms with Crippen molar-refractivity contribution in [1.29, 1.82) is 0 Å². The normalized spacial score (nSPS) is 11.3. The van der Waals surface area contributed by atoms with Crippen molar-refractivity contribution in [2.75, 3.05) is 13.7 Å². The van der Waals surface area contributed by atoms with Gasteiger partial charge in [0.25, 0.3) is 0 Å². The van der Waals surface area contributed by atoms with Crippen molar-refractivity contribution in [3.63, 3.8) is 0 Å². The molecule has 1 rings (SSSR count). The summed E-state index contributed by atoms with van der Waals surface area (Å²) < 4.78 is 10.3. The molecule has 118 valence electrons. The molecule has 0 unspecified atom stereocenters. The Bertz CT molecular complexity index is 469. The van der Waals surface area contributed by atoms with Crippen LogP contribution in [0.2, 0.25) is 5.02 Å². The Balaban J connectivity index is 2.58. The molecule has 0 radical (unpaired) electrons. The largest absolute Gasteiger partial charge is 0.493 e. The monoisotopic (exact) mass is 313 g/mol. The van der Waals surface area contributed by atoms with Gasteiger partial charge in [0.05, 0.1) is 13.7 Å². The molecule has 0 aromatic heterocycles. The number of esters is 1. The van der Waals surface area contributed by atoms with Crippen molar-refractivity contribution in [3.05, 3.63) is 28.8 Å². The van der Waals surface area contributed by atoms with Crippen molar-refractivity contribution < 1.29 is 14.3 Å². The SMILES string of the molecule is COC(=O)CCCOc1ccc(Cl)cc1CNC(C)(C)C. The van der Waals surface area contributed by atoms with Gasteiger partial charge in [0.1, 0.15) is 5.75 Å². The minimum Gasteiger partial charge on any atom is -0.493 e. The summed E-state index contributed by atoms with van der Waals surface area (Å²) in [7, 11) is 1.39. The maximum Gasteiger partial charge on any atom is 0.305 e. The molecule has 0 fully saturated rings. The molecule has 1 aromatic carbocycles. The first-order valence-electron chi connectivity index (χ1n) is 7.05. The predicted octanol–water partition coefficient (Wildman–Crippen LogP) is 3.56. The van der Waals surface area contributed by atoms with Crippen LogP contribution in [0.1, 0.15) is 39.2 Å². The zero-order valence-electron chi connectivity index (χ0n) is 13.2. The van der Waals surface area contributed by atoms with Gasteiger partial charge in [-0.25, -0.2) is 0 Å². The molecule has 1 aromatic rings. The van der Waals surface area contributed by atoms with Gasteiger partial charge in [-0.15, -0.1) is 0 Å². The average molecular weight is 314 g/mol. The molecule has 0 saturated heterocycles. The van der Waals surface area contributed by atoms with Crippen LogP contribution in [0, 0.1) is 0 Å².